The van der Waals surface area contributed by atoms with E-state index in [9.17, 15) is 0 Å². The molecule has 0 spiro atoms. The highest BCUT2D eigenvalue weighted by atomic mass is 32.1. The lowest BCUT2D eigenvalue weighted by Gasteiger charge is -2.07. The molecule has 0 N–H and O–H groups in total. The van der Waals surface area contributed by atoms with Gasteiger partial charge in [-0.05, 0) is 25.0 Å². The van der Waals surface area contributed by atoms with Gasteiger partial charge in [0, 0.05) is 0 Å². The molecule has 0 atom stereocenters. The summed E-state index contributed by atoms with van der Waals surface area (Å²) in [6.45, 7) is 1.55. The molecule has 1 heterocycles. The molecular formula is C8H16O2S. The fraction of sp³-hybridized carbons (Fsp3) is 1.00. The molecule has 3 heteroatoms. The summed E-state index contributed by atoms with van der Waals surface area (Å²) in [6, 6.07) is 0. The SMILES string of the molecule is SCCCCCC1OCCO1. The first kappa shape index (κ1) is 9.36. The number of ether oxygens (including phenoxy) is 2. The number of rotatable bonds is 5. The molecule has 0 aliphatic carbocycles. The molecule has 66 valence electrons. The maximum atomic E-state index is 5.29. The van der Waals surface area contributed by atoms with Crippen molar-refractivity contribution >= 4 is 12.6 Å². The van der Waals surface area contributed by atoms with Crippen LogP contribution in [0.3, 0.4) is 0 Å². The number of hydrogen-bond donors (Lipinski definition) is 1. The topological polar surface area (TPSA) is 18.5 Å². The standard InChI is InChI=1S/C8H16O2S/c11-7-3-1-2-4-8-9-5-6-10-8/h8,11H,1-7H2. The average molecular weight is 176 g/mol. The maximum absolute atomic E-state index is 5.29. The fourth-order valence-corrected chi connectivity index (χ4v) is 1.40. The van der Waals surface area contributed by atoms with Gasteiger partial charge < -0.3 is 9.47 Å². The maximum Gasteiger partial charge on any atom is 0.157 e. The van der Waals surface area contributed by atoms with Crippen LogP contribution in [0.2, 0.25) is 0 Å². The highest BCUT2D eigenvalue weighted by Gasteiger charge is 2.14. The Morgan fingerprint density at radius 3 is 2.45 bits per heavy atom. The molecule has 1 aliphatic rings. The van der Waals surface area contributed by atoms with Gasteiger partial charge in [0.2, 0.25) is 0 Å². The summed E-state index contributed by atoms with van der Waals surface area (Å²) in [5, 5.41) is 0. The molecule has 0 unspecified atom stereocenters. The Hall–Kier alpha value is 0.270. The van der Waals surface area contributed by atoms with Crippen molar-refractivity contribution in [1.82, 2.24) is 0 Å². The Labute approximate surface area is 73.7 Å². The van der Waals surface area contributed by atoms with E-state index in [1.165, 1.54) is 19.3 Å². The van der Waals surface area contributed by atoms with Gasteiger partial charge in [-0.25, -0.2) is 0 Å². The smallest absolute Gasteiger partial charge is 0.157 e. The van der Waals surface area contributed by atoms with Gasteiger partial charge >= 0.3 is 0 Å². The van der Waals surface area contributed by atoms with E-state index in [-0.39, 0.29) is 6.29 Å². The highest BCUT2D eigenvalue weighted by molar-refractivity contribution is 7.80. The summed E-state index contributed by atoms with van der Waals surface area (Å²) in [4.78, 5) is 0. The van der Waals surface area contributed by atoms with Crippen LogP contribution in [-0.4, -0.2) is 25.3 Å². The molecule has 0 aromatic carbocycles. The second-order valence-electron chi connectivity index (χ2n) is 2.74. The van der Waals surface area contributed by atoms with E-state index >= 15 is 0 Å². The van der Waals surface area contributed by atoms with E-state index in [4.69, 9.17) is 9.47 Å². The lowest BCUT2D eigenvalue weighted by atomic mass is 10.2. The largest absolute Gasteiger partial charge is 0.350 e. The van der Waals surface area contributed by atoms with Crippen LogP contribution in [0, 0.1) is 0 Å². The second-order valence-corrected chi connectivity index (χ2v) is 3.19. The predicted molar refractivity (Wildman–Crippen MR) is 48.0 cm³/mol. The summed E-state index contributed by atoms with van der Waals surface area (Å²) >= 11 is 4.14. The lowest BCUT2D eigenvalue weighted by molar-refractivity contribution is -0.0479. The van der Waals surface area contributed by atoms with Crippen LogP contribution in [0.4, 0.5) is 0 Å². The highest BCUT2D eigenvalue weighted by Crippen LogP contribution is 2.12. The molecule has 11 heavy (non-hydrogen) atoms. The van der Waals surface area contributed by atoms with Crippen molar-refractivity contribution in [2.75, 3.05) is 19.0 Å². The Morgan fingerprint density at radius 1 is 1.09 bits per heavy atom. The van der Waals surface area contributed by atoms with Crippen LogP contribution in [-0.2, 0) is 9.47 Å². The molecule has 1 fully saturated rings. The van der Waals surface area contributed by atoms with Gasteiger partial charge in [0.05, 0.1) is 13.2 Å². The van der Waals surface area contributed by atoms with Gasteiger partial charge in [0.25, 0.3) is 0 Å². The van der Waals surface area contributed by atoms with Gasteiger partial charge in [-0.2, -0.15) is 12.6 Å². The summed E-state index contributed by atoms with van der Waals surface area (Å²) < 4.78 is 10.6. The predicted octanol–water partition coefficient (Wildman–Crippen LogP) is 1.85. The van der Waals surface area contributed by atoms with Crippen LogP contribution >= 0.6 is 12.6 Å². The third-order valence-electron chi connectivity index (χ3n) is 1.79. The van der Waals surface area contributed by atoms with Gasteiger partial charge in [-0.1, -0.05) is 6.42 Å². The molecule has 0 aromatic heterocycles. The van der Waals surface area contributed by atoms with E-state index in [0.29, 0.717) is 0 Å². The van der Waals surface area contributed by atoms with Crippen LogP contribution in [0.25, 0.3) is 0 Å². The number of thiol groups is 1. The van der Waals surface area contributed by atoms with E-state index < -0.39 is 0 Å². The van der Waals surface area contributed by atoms with Gasteiger partial charge in [0.1, 0.15) is 0 Å². The molecule has 0 amide bonds. The number of hydrogen-bond acceptors (Lipinski definition) is 3. The van der Waals surface area contributed by atoms with Crippen molar-refractivity contribution in [2.45, 2.75) is 32.0 Å². The second kappa shape index (κ2) is 5.86. The van der Waals surface area contributed by atoms with Crippen LogP contribution in [0.15, 0.2) is 0 Å². The zero-order valence-corrected chi connectivity index (χ0v) is 7.69. The minimum absolute atomic E-state index is 0.0925. The molecular weight excluding hydrogens is 160 g/mol. The zero-order chi connectivity index (χ0) is 7.94. The third kappa shape index (κ3) is 3.99. The monoisotopic (exact) mass is 176 g/mol. The molecule has 1 aliphatic heterocycles. The Bertz CT molecular complexity index is 92.1. The summed E-state index contributed by atoms with van der Waals surface area (Å²) in [7, 11) is 0. The van der Waals surface area contributed by atoms with Crippen molar-refractivity contribution in [1.29, 1.82) is 0 Å². The first-order valence-electron chi connectivity index (χ1n) is 4.27. The minimum Gasteiger partial charge on any atom is -0.350 e. The average Bonchev–Trinajstić information content (AvgIpc) is 2.50. The summed E-state index contributed by atoms with van der Waals surface area (Å²) in [5.74, 6) is 0.992. The van der Waals surface area contributed by atoms with Crippen molar-refractivity contribution in [3.8, 4) is 0 Å². The third-order valence-corrected chi connectivity index (χ3v) is 2.10. The van der Waals surface area contributed by atoms with Gasteiger partial charge in [0.15, 0.2) is 6.29 Å². The molecule has 1 saturated heterocycles. The van der Waals surface area contributed by atoms with E-state index in [1.54, 1.807) is 0 Å². The zero-order valence-electron chi connectivity index (χ0n) is 6.79. The van der Waals surface area contributed by atoms with Crippen LogP contribution in [0.5, 0.6) is 0 Å². The Balaban J connectivity index is 1.86. The molecule has 0 saturated carbocycles. The summed E-state index contributed by atoms with van der Waals surface area (Å²) in [5.41, 5.74) is 0. The molecule has 0 radical (unpaired) electrons. The normalized spacial score (nSPS) is 19.4. The Kier molecular flexibility index (Phi) is 4.99. The van der Waals surface area contributed by atoms with Crippen molar-refractivity contribution in [2.24, 2.45) is 0 Å². The first-order chi connectivity index (χ1) is 5.43. The molecule has 0 bridgehead atoms. The number of unbranched alkanes of at least 4 members (excludes halogenated alkanes) is 2. The quantitative estimate of drug-likeness (QED) is 0.509. The van der Waals surface area contributed by atoms with Gasteiger partial charge in [-0.15, -0.1) is 0 Å². The van der Waals surface area contributed by atoms with Crippen molar-refractivity contribution in [3.05, 3.63) is 0 Å². The van der Waals surface area contributed by atoms with Crippen LogP contribution < -0.4 is 0 Å². The van der Waals surface area contributed by atoms with Crippen molar-refractivity contribution < 1.29 is 9.47 Å². The first-order valence-corrected chi connectivity index (χ1v) is 4.91. The van der Waals surface area contributed by atoms with Gasteiger partial charge in [-0.3, -0.25) is 0 Å². The lowest BCUT2D eigenvalue weighted by Crippen LogP contribution is -2.06. The minimum atomic E-state index is 0.0925. The molecule has 0 aromatic rings. The summed E-state index contributed by atoms with van der Waals surface area (Å²) in [6.07, 6.45) is 4.79. The Morgan fingerprint density at radius 2 is 1.82 bits per heavy atom. The van der Waals surface area contributed by atoms with E-state index in [2.05, 4.69) is 12.6 Å². The van der Waals surface area contributed by atoms with Crippen LogP contribution in [0.1, 0.15) is 25.7 Å². The molecule has 2 nitrogen and oxygen atoms in total. The molecule has 1 rings (SSSR count). The fourth-order valence-electron chi connectivity index (χ4n) is 1.17. The van der Waals surface area contributed by atoms with Crippen molar-refractivity contribution in [3.63, 3.8) is 0 Å². The van der Waals surface area contributed by atoms with E-state index in [1.807, 2.05) is 0 Å². The van der Waals surface area contributed by atoms with E-state index in [0.717, 1.165) is 25.4 Å².